The fourth-order valence-electron chi connectivity index (χ4n) is 1.11. The quantitative estimate of drug-likeness (QED) is 0.492. The van der Waals surface area contributed by atoms with Crippen molar-refractivity contribution in [1.82, 2.24) is 19.8 Å². The van der Waals surface area contributed by atoms with Crippen molar-refractivity contribution in [1.29, 1.82) is 0 Å². The van der Waals surface area contributed by atoms with Gasteiger partial charge in [-0.05, 0) is 23.3 Å². The van der Waals surface area contributed by atoms with Crippen molar-refractivity contribution in [3.63, 3.8) is 0 Å². The summed E-state index contributed by atoms with van der Waals surface area (Å²) in [7, 11) is 1.26. The number of carbonyl (C=O) groups excluding carboxylic acids is 1. The molecule has 1 aliphatic rings. The molecule has 2 rings (SSSR count). The van der Waals surface area contributed by atoms with Crippen LogP contribution >= 0.6 is 0 Å². The molecule has 7 heteroatoms. The van der Waals surface area contributed by atoms with Crippen LogP contribution in [0.3, 0.4) is 0 Å². The number of methoxy groups -OCH3 is 1. The summed E-state index contributed by atoms with van der Waals surface area (Å²) < 4.78 is 6.71. The van der Waals surface area contributed by atoms with Gasteiger partial charge in [0.1, 0.15) is 0 Å². The molecule has 1 aliphatic carbocycles. The smallest absolute Gasteiger partial charge is 0.368 e. The Morgan fingerprint density at radius 3 is 2.87 bits per heavy atom. The van der Waals surface area contributed by atoms with Gasteiger partial charge in [-0.25, -0.2) is 9.59 Å². The second-order valence-corrected chi connectivity index (χ2v) is 3.22. The van der Waals surface area contributed by atoms with Gasteiger partial charge in [-0.15, -0.1) is 0 Å². The molecule has 0 saturated heterocycles. The largest absolute Gasteiger partial charge is 0.466 e. The zero-order chi connectivity index (χ0) is 10.8. The van der Waals surface area contributed by atoms with Crippen molar-refractivity contribution in [3.05, 3.63) is 16.6 Å². The molecule has 1 fully saturated rings. The Kier molecular flexibility index (Phi) is 2.36. The van der Waals surface area contributed by atoms with Gasteiger partial charge in [0.2, 0.25) is 0 Å². The van der Waals surface area contributed by atoms with Crippen molar-refractivity contribution in [2.75, 3.05) is 7.11 Å². The van der Waals surface area contributed by atoms with Crippen LogP contribution < -0.4 is 5.69 Å². The SMILES string of the molecule is COC(=O)/C=C\n1nnn(C2CC2)c1=O. The van der Waals surface area contributed by atoms with Gasteiger partial charge >= 0.3 is 11.7 Å². The average Bonchev–Trinajstić information content (AvgIpc) is 3.01. The molecule has 0 spiro atoms. The Bertz CT molecular complexity index is 455. The van der Waals surface area contributed by atoms with Crippen LogP contribution in [-0.2, 0) is 9.53 Å². The summed E-state index contributed by atoms with van der Waals surface area (Å²) in [6.45, 7) is 0. The molecule has 1 saturated carbocycles. The number of rotatable bonds is 3. The lowest BCUT2D eigenvalue weighted by molar-refractivity contribution is -0.134. The third-order valence-corrected chi connectivity index (χ3v) is 2.07. The maximum Gasteiger partial charge on any atom is 0.368 e. The Morgan fingerprint density at radius 2 is 2.27 bits per heavy atom. The number of hydrogen-bond donors (Lipinski definition) is 0. The zero-order valence-corrected chi connectivity index (χ0v) is 8.16. The molecule has 1 aromatic heterocycles. The molecule has 7 nitrogen and oxygen atoms in total. The van der Waals surface area contributed by atoms with Gasteiger partial charge in [-0.3, -0.25) is 0 Å². The molecule has 0 radical (unpaired) electrons. The highest BCUT2D eigenvalue weighted by atomic mass is 16.5. The van der Waals surface area contributed by atoms with E-state index in [0.717, 1.165) is 23.6 Å². The number of carbonyl (C=O) groups is 1. The number of esters is 1. The lowest BCUT2D eigenvalue weighted by Gasteiger charge is -1.90. The lowest BCUT2D eigenvalue weighted by atomic mass is 10.6. The number of aromatic nitrogens is 4. The Hall–Kier alpha value is -1.92. The monoisotopic (exact) mass is 210 g/mol. The highest BCUT2D eigenvalue weighted by Gasteiger charge is 2.27. The van der Waals surface area contributed by atoms with E-state index < -0.39 is 5.97 Å². The molecule has 0 N–H and O–H groups in total. The number of tetrazole rings is 1. The number of hydrogen-bond acceptors (Lipinski definition) is 5. The molecule has 80 valence electrons. The normalized spacial score (nSPS) is 15.8. The Morgan fingerprint density at radius 1 is 1.53 bits per heavy atom. The summed E-state index contributed by atoms with van der Waals surface area (Å²) in [4.78, 5) is 22.3. The van der Waals surface area contributed by atoms with Gasteiger partial charge in [0, 0.05) is 12.3 Å². The van der Waals surface area contributed by atoms with Crippen molar-refractivity contribution in [3.8, 4) is 0 Å². The van der Waals surface area contributed by atoms with Crippen LogP contribution in [0.25, 0.3) is 6.20 Å². The second-order valence-electron chi connectivity index (χ2n) is 3.22. The third-order valence-electron chi connectivity index (χ3n) is 2.07. The topological polar surface area (TPSA) is 79.0 Å². The van der Waals surface area contributed by atoms with Crippen LogP contribution in [0.1, 0.15) is 18.9 Å². The molecular formula is C8H10N4O3. The van der Waals surface area contributed by atoms with Crippen molar-refractivity contribution in [2.24, 2.45) is 0 Å². The third kappa shape index (κ3) is 1.95. The van der Waals surface area contributed by atoms with E-state index in [-0.39, 0.29) is 11.7 Å². The maximum atomic E-state index is 11.5. The molecule has 0 aliphatic heterocycles. The van der Waals surface area contributed by atoms with Crippen LogP contribution in [0, 0.1) is 0 Å². The first-order chi connectivity index (χ1) is 7.22. The number of ether oxygens (including phenoxy) is 1. The van der Waals surface area contributed by atoms with E-state index in [1.807, 2.05) is 0 Å². The summed E-state index contributed by atoms with van der Waals surface area (Å²) in [5.41, 5.74) is -0.336. The highest BCUT2D eigenvalue weighted by molar-refractivity contribution is 5.84. The van der Waals surface area contributed by atoms with Gasteiger partial charge in [0.05, 0.1) is 13.2 Å². The van der Waals surface area contributed by atoms with Crippen LogP contribution in [0.15, 0.2) is 10.9 Å². The van der Waals surface area contributed by atoms with E-state index in [1.165, 1.54) is 18.0 Å². The first kappa shape index (κ1) is 9.63. The molecule has 0 unspecified atom stereocenters. The fourth-order valence-corrected chi connectivity index (χ4v) is 1.11. The molecule has 0 aromatic carbocycles. The Labute approximate surface area is 84.9 Å². The minimum absolute atomic E-state index is 0.178. The summed E-state index contributed by atoms with van der Waals surface area (Å²) in [6, 6.07) is 0.178. The molecule has 0 atom stereocenters. The molecule has 1 heterocycles. The van der Waals surface area contributed by atoms with Crippen LogP contribution in [-0.4, -0.2) is 32.9 Å². The summed E-state index contributed by atoms with van der Waals surface area (Å²) in [5, 5.41) is 7.30. The molecular weight excluding hydrogens is 200 g/mol. The van der Waals surface area contributed by atoms with E-state index in [4.69, 9.17) is 0 Å². The zero-order valence-electron chi connectivity index (χ0n) is 8.16. The predicted molar refractivity (Wildman–Crippen MR) is 49.9 cm³/mol. The van der Waals surface area contributed by atoms with Crippen LogP contribution in [0.5, 0.6) is 0 Å². The van der Waals surface area contributed by atoms with Gasteiger partial charge in [0.15, 0.2) is 0 Å². The van der Waals surface area contributed by atoms with Crippen molar-refractivity contribution >= 4 is 12.2 Å². The van der Waals surface area contributed by atoms with Gasteiger partial charge in [-0.2, -0.15) is 9.36 Å². The van der Waals surface area contributed by atoms with Crippen molar-refractivity contribution in [2.45, 2.75) is 18.9 Å². The van der Waals surface area contributed by atoms with E-state index in [9.17, 15) is 9.59 Å². The fraction of sp³-hybridized carbons (Fsp3) is 0.500. The van der Waals surface area contributed by atoms with E-state index in [2.05, 4.69) is 15.2 Å². The minimum atomic E-state index is -0.539. The van der Waals surface area contributed by atoms with E-state index >= 15 is 0 Å². The first-order valence-electron chi connectivity index (χ1n) is 4.52. The van der Waals surface area contributed by atoms with Gasteiger partial charge < -0.3 is 4.74 Å². The summed E-state index contributed by atoms with van der Waals surface area (Å²) in [6.07, 6.45) is 4.27. The maximum absolute atomic E-state index is 11.5. The second kappa shape index (κ2) is 3.68. The highest BCUT2D eigenvalue weighted by Crippen LogP contribution is 2.32. The van der Waals surface area contributed by atoms with Crippen LogP contribution in [0.2, 0.25) is 0 Å². The first-order valence-corrected chi connectivity index (χ1v) is 4.52. The number of nitrogens with zero attached hydrogens (tertiary/aromatic N) is 4. The van der Waals surface area contributed by atoms with Gasteiger partial charge in [-0.1, -0.05) is 0 Å². The van der Waals surface area contributed by atoms with E-state index in [0.29, 0.717) is 0 Å². The predicted octanol–water partition coefficient (Wildman–Crippen LogP) is -0.582. The Balaban J connectivity index is 2.19. The molecule has 0 bridgehead atoms. The van der Waals surface area contributed by atoms with Crippen LogP contribution in [0.4, 0.5) is 0 Å². The molecule has 15 heavy (non-hydrogen) atoms. The van der Waals surface area contributed by atoms with Gasteiger partial charge in [0.25, 0.3) is 0 Å². The lowest BCUT2D eigenvalue weighted by Crippen LogP contribution is -2.22. The standard InChI is InChI=1S/C8H10N4O3/c1-15-7(13)4-5-11-8(14)12(10-9-11)6-2-3-6/h4-6H,2-3H2,1H3/b5-4-. The molecule has 1 aromatic rings. The average molecular weight is 210 g/mol. The summed E-state index contributed by atoms with van der Waals surface area (Å²) in [5.74, 6) is -0.539. The summed E-state index contributed by atoms with van der Waals surface area (Å²) >= 11 is 0. The molecule has 0 amide bonds. The van der Waals surface area contributed by atoms with E-state index in [1.54, 1.807) is 0 Å². The van der Waals surface area contributed by atoms with Crippen molar-refractivity contribution < 1.29 is 9.53 Å². The minimum Gasteiger partial charge on any atom is -0.466 e.